The van der Waals surface area contributed by atoms with Crippen molar-refractivity contribution in [2.24, 2.45) is 0 Å². The fourth-order valence-corrected chi connectivity index (χ4v) is 2.61. The molecular weight excluding hydrogens is 298 g/mol. The van der Waals surface area contributed by atoms with Crippen LogP contribution in [0.15, 0.2) is 24.8 Å². The van der Waals surface area contributed by atoms with Gasteiger partial charge in [-0.15, -0.1) is 0 Å². The second kappa shape index (κ2) is 18.0. The Hall–Kier alpha value is -1.38. The highest BCUT2D eigenvalue weighted by Crippen LogP contribution is 2.09. The van der Waals surface area contributed by atoms with E-state index in [4.69, 9.17) is 0 Å². The van der Waals surface area contributed by atoms with Gasteiger partial charge in [-0.3, -0.25) is 14.9 Å². The maximum Gasteiger partial charge on any atom is 0.249 e. The third-order valence-electron chi connectivity index (χ3n) is 4.11. The number of hydrogen-bond acceptors (Lipinski definition) is 2. The molecule has 0 saturated carbocycles. The summed E-state index contributed by atoms with van der Waals surface area (Å²) in [5.41, 5.74) is 0. The van der Waals surface area contributed by atoms with Crippen LogP contribution in [-0.2, 0) is 9.59 Å². The normalized spacial score (nSPS) is 10.9. The Morgan fingerprint density at radius 2 is 1.29 bits per heavy atom. The van der Waals surface area contributed by atoms with E-state index in [9.17, 15) is 9.59 Å². The highest BCUT2D eigenvalue weighted by atomic mass is 16.2. The number of unbranched alkanes of at least 4 members (excludes halogenated alkanes) is 11. The largest absolute Gasteiger partial charge is 0.293 e. The number of rotatable bonds is 16. The monoisotopic (exact) mass is 335 g/mol. The molecule has 0 aromatic heterocycles. The molecule has 2 amide bonds. The number of carbonyl (C=O) groups excluding carboxylic acids is 2. The van der Waals surface area contributed by atoms with Gasteiger partial charge in [0.05, 0.1) is 0 Å². The summed E-state index contributed by atoms with van der Waals surface area (Å²) < 4.78 is 0. The Morgan fingerprint density at radius 1 is 0.792 bits per heavy atom. The highest BCUT2D eigenvalue weighted by molar-refractivity contribution is 6.00. The summed E-state index contributed by atoms with van der Waals surface area (Å²) in [4.78, 5) is 22.3. The highest BCUT2D eigenvalue weighted by Gasteiger charge is 2.03. The van der Waals surface area contributed by atoms with Crippen molar-refractivity contribution in [2.45, 2.75) is 96.8 Å². The molecule has 0 saturated heterocycles. The van der Waals surface area contributed by atoms with Crippen molar-refractivity contribution in [3.05, 3.63) is 24.8 Å². The van der Waals surface area contributed by atoms with Gasteiger partial charge in [0.25, 0.3) is 0 Å². The second-order valence-corrected chi connectivity index (χ2v) is 6.45. The van der Waals surface area contributed by atoms with Crippen LogP contribution in [0.25, 0.3) is 0 Å². The summed E-state index contributed by atoms with van der Waals surface area (Å²) in [6.07, 6.45) is 22.3. The van der Waals surface area contributed by atoms with E-state index >= 15 is 0 Å². The fraction of sp³-hybridized carbons (Fsp3) is 0.714. The van der Waals surface area contributed by atoms with E-state index in [0.29, 0.717) is 6.42 Å². The van der Waals surface area contributed by atoms with Crippen LogP contribution in [0.3, 0.4) is 0 Å². The Balaban J connectivity index is 3.24. The van der Waals surface area contributed by atoms with Crippen LogP contribution in [0.5, 0.6) is 0 Å². The van der Waals surface area contributed by atoms with E-state index in [-0.39, 0.29) is 5.91 Å². The predicted octanol–water partition coefficient (Wildman–Crippen LogP) is 5.85. The molecule has 0 bridgehead atoms. The lowest BCUT2D eigenvalue weighted by Crippen LogP contribution is -2.28. The fourth-order valence-electron chi connectivity index (χ4n) is 2.61. The first-order valence-electron chi connectivity index (χ1n) is 9.82. The van der Waals surface area contributed by atoms with Crippen molar-refractivity contribution in [3.8, 4) is 0 Å². The minimum absolute atomic E-state index is 0.197. The molecule has 1 N–H and O–H groups in total. The molecular formula is C21H37NO2. The number of hydrogen-bond donors (Lipinski definition) is 1. The van der Waals surface area contributed by atoms with Crippen LogP contribution >= 0.6 is 0 Å². The van der Waals surface area contributed by atoms with Crippen molar-refractivity contribution in [3.63, 3.8) is 0 Å². The molecule has 138 valence electrons. The third-order valence-corrected chi connectivity index (χ3v) is 4.11. The maximum absolute atomic E-state index is 11.4. The van der Waals surface area contributed by atoms with Crippen LogP contribution in [0.2, 0.25) is 0 Å². The van der Waals surface area contributed by atoms with Crippen molar-refractivity contribution < 1.29 is 9.59 Å². The van der Waals surface area contributed by atoms with Crippen LogP contribution in [0, 0.1) is 0 Å². The van der Waals surface area contributed by atoms with Gasteiger partial charge in [0.15, 0.2) is 0 Å². The standard InChI is InChI=1S/C21H37NO2/c1-3-5-6-7-8-9-10-11-12-13-14-15-16-17-18-19-21(24)22-20(23)4-2/h4,11-12H,2-3,5-10,13-19H2,1H3,(H,22,23,24)/b12-11-. The van der Waals surface area contributed by atoms with Crippen LogP contribution in [-0.4, -0.2) is 11.8 Å². The van der Waals surface area contributed by atoms with Crippen LogP contribution in [0.1, 0.15) is 96.8 Å². The van der Waals surface area contributed by atoms with Crippen molar-refractivity contribution in [1.82, 2.24) is 5.32 Å². The molecule has 0 heterocycles. The van der Waals surface area contributed by atoms with Crippen LogP contribution < -0.4 is 5.32 Å². The molecule has 3 heteroatoms. The first-order valence-corrected chi connectivity index (χ1v) is 9.82. The lowest BCUT2D eigenvalue weighted by Gasteiger charge is -2.01. The molecule has 0 aliphatic heterocycles. The summed E-state index contributed by atoms with van der Waals surface area (Å²) in [6.45, 7) is 5.58. The van der Waals surface area contributed by atoms with Gasteiger partial charge in [-0.2, -0.15) is 0 Å². The zero-order chi connectivity index (χ0) is 17.9. The molecule has 24 heavy (non-hydrogen) atoms. The molecule has 0 aromatic rings. The van der Waals surface area contributed by atoms with E-state index in [2.05, 4.69) is 31.0 Å². The van der Waals surface area contributed by atoms with Gasteiger partial charge >= 0.3 is 0 Å². The first-order chi connectivity index (χ1) is 11.7. The number of amides is 2. The number of imide groups is 1. The third kappa shape index (κ3) is 17.0. The van der Waals surface area contributed by atoms with Crippen molar-refractivity contribution in [1.29, 1.82) is 0 Å². The minimum atomic E-state index is -0.409. The van der Waals surface area contributed by atoms with Crippen molar-refractivity contribution >= 4 is 11.8 Å². The lowest BCUT2D eigenvalue weighted by molar-refractivity contribution is -0.128. The van der Waals surface area contributed by atoms with Gasteiger partial charge < -0.3 is 0 Å². The van der Waals surface area contributed by atoms with Crippen molar-refractivity contribution in [2.75, 3.05) is 0 Å². The van der Waals surface area contributed by atoms with E-state index in [1.165, 1.54) is 64.2 Å². The van der Waals surface area contributed by atoms with Gasteiger partial charge in [-0.05, 0) is 38.2 Å². The van der Waals surface area contributed by atoms with E-state index in [1.807, 2.05) is 0 Å². The lowest BCUT2D eigenvalue weighted by atomic mass is 10.1. The average molecular weight is 336 g/mol. The summed E-state index contributed by atoms with van der Waals surface area (Å²) >= 11 is 0. The van der Waals surface area contributed by atoms with E-state index in [0.717, 1.165) is 25.3 Å². The van der Waals surface area contributed by atoms with E-state index < -0.39 is 5.91 Å². The molecule has 3 nitrogen and oxygen atoms in total. The summed E-state index contributed by atoms with van der Waals surface area (Å²) in [5, 5.41) is 2.27. The quantitative estimate of drug-likeness (QED) is 0.218. The van der Waals surface area contributed by atoms with E-state index in [1.54, 1.807) is 0 Å². The first kappa shape index (κ1) is 22.6. The zero-order valence-corrected chi connectivity index (χ0v) is 15.7. The molecule has 0 aliphatic rings. The minimum Gasteiger partial charge on any atom is -0.293 e. The number of carbonyl (C=O) groups is 2. The molecule has 0 aliphatic carbocycles. The Kier molecular flexibility index (Phi) is 16.9. The number of nitrogens with one attached hydrogen (secondary N) is 1. The van der Waals surface area contributed by atoms with Gasteiger partial charge in [0.1, 0.15) is 0 Å². The average Bonchev–Trinajstić information content (AvgIpc) is 2.58. The molecule has 0 aromatic carbocycles. The number of allylic oxidation sites excluding steroid dienone is 2. The summed E-state index contributed by atoms with van der Waals surface area (Å²) in [5.74, 6) is -0.606. The maximum atomic E-state index is 11.4. The molecule has 0 rings (SSSR count). The van der Waals surface area contributed by atoms with Gasteiger partial charge in [0.2, 0.25) is 11.8 Å². The summed E-state index contributed by atoms with van der Waals surface area (Å²) in [7, 11) is 0. The Bertz CT molecular complexity index is 361. The Labute approximate surface area is 149 Å². The van der Waals surface area contributed by atoms with Gasteiger partial charge in [-0.25, -0.2) is 0 Å². The molecule has 0 radical (unpaired) electrons. The molecule has 0 atom stereocenters. The van der Waals surface area contributed by atoms with Crippen LogP contribution in [0.4, 0.5) is 0 Å². The SMILES string of the molecule is C=CC(=O)NC(=O)CCCCCCC/C=C\CCCCCCCC. The van der Waals surface area contributed by atoms with Gasteiger partial charge in [0, 0.05) is 6.42 Å². The molecule has 0 fully saturated rings. The second-order valence-electron chi connectivity index (χ2n) is 6.45. The molecule has 0 spiro atoms. The summed E-state index contributed by atoms with van der Waals surface area (Å²) in [6, 6.07) is 0. The predicted molar refractivity (Wildman–Crippen MR) is 103 cm³/mol. The zero-order valence-electron chi connectivity index (χ0n) is 15.7. The van der Waals surface area contributed by atoms with Gasteiger partial charge in [-0.1, -0.05) is 77.0 Å². The Morgan fingerprint density at radius 3 is 1.83 bits per heavy atom. The smallest absolute Gasteiger partial charge is 0.249 e. The molecule has 0 unspecified atom stereocenters. The topological polar surface area (TPSA) is 46.2 Å².